The highest BCUT2D eigenvalue weighted by Crippen LogP contribution is 2.36. The lowest BCUT2D eigenvalue weighted by atomic mass is 9.86. The number of halogens is 4. The molecule has 2 aromatic carbocycles. The Labute approximate surface area is 260 Å². The molecule has 4 N–H and O–H groups in total. The van der Waals surface area contributed by atoms with Crippen molar-refractivity contribution < 1.29 is 37.4 Å². The van der Waals surface area contributed by atoms with E-state index in [0.29, 0.717) is 6.42 Å². The van der Waals surface area contributed by atoms with Crippen molar-refractivity contribution in [2.45, 2.75) is 68.8 Å². The third kappa shape index (κ3) is 8.99. The molecule has 238 valence electrons. The van der Waals surface area contributed by atoms with Gasteiger partial charge in [0.25, 0.3) is 11.8 Å². The summed E-state index contributed by atoms with van der Waals surface area (Å²) >= 11 is 12.8. The van der Waals surface area contributed by atoms with E-state index in [9.17, 15) is 23.2 Å². The Bertz CT molecular complexity index is 1230. The average molecular weight is 648 g/mol. The molecule has 0 bridgehead atoms. The zero-order chi connectivity index (χ0) is 32.4. The molecule has 43 heavy (non-hydrogen) atoms. The van der Waals surface area contributed by atoms with Crippen molar-refractivity contribution in [2.24, 2.45) is 5.84 Å². The van der Waals surface area contributed by atoms with Gasteiger partial charge in [0.15, 0.2) is 11.2 Å². The maximum atomic E-state index is 14.4. The van der Waals surface area contributed by atoms with Crippen molar-refractivity contribution in [1.29, 1.82) is 0 Å². The van der Waals surface area contributed by atoms with Crippen LogP contribution in [0.4, 0.5) is 13.6 Å². The number of carbonyl (C=O) groups is 3. The van der Waals surface area contributed by atoms with Crippen LogP contribution in [0.2, 0.25) is 0 Å². The molecule has 0 aliphatic carbocycles. The van der Waals surface area contributed by atoms with Crippen LogP contribution in [0, 0.1) is 11.6 Å². The predicted molar refractivity (Wildman–Crippen MR) is 158 cm³/mol. The molecule has 14 heteroatoms. The van der Waals surface area contributed by atoms with Gasteiger partial charge >= 0.3 is 6.09 Å². The highest BCUT2D eigenvalue weighted by molar-refractivity contribution is 6.21. The summed E-state index contributed by atoms with van der Waals surface area (Å²) in [7, 11) is 2.56. The van der Waals surface area contributed by atoms with Crippen LogP contribution in [0.3, 0.4) is 0 Å². The Morgan fingerprint density at radius 2 is 1.40 bits per heavy atom. The van der Waals surface area contributed by atoms with Gasteiger partial charge in [-0.2, -0.15) is 0 Å². The molecule has 10 nitrogen and oxygen atoms in total. The molecule has 0 radical (unpaired) electrons. The zero-order valence-electron chi connectivity index (χ0n) is 24.7. The van der Waals surface area contributed by atoms with Crippen LogP contribution in [0.1, 0.15) is 57.6 Å². The fourth-order valence-corrected chi connectivity index (χ4v) is 4.93. The maximum Gasteiger partial charge on any atom is 0.426 e. The van der Waals surface area contributed by atoms with E-state index in [1.54, 1.807) is 20.8 Å². The molecule has 0 saturated carbocycles. The molecule has 3 atom stereocenters. The number of nitrogens with two attached hydrogens (primary N) is 1. The number of rotatable bonds is 13. The van der Waals surface area contributed by atoms with Gasteiger partial charge < -0.3 is 14.2 Å². The molecule has 3 amide bonds. The summed E-state index contributed by atoms with van der Waals surface area (Å²) in [5, 5.41) is 0.835. The van der Waals surface area contributed by atoms with Crippen LogP contribution in [0.15, 0.2) is 48.5 Å². The third-order valence-corrected chi connectivity index (χ3v) is 7.35. The lowest BCUT2D eigenvalue weighted by molar-refractivity contribution is -0.162. The van der Waals surface area contributed by atoms with Crippen molar-refractivity contribution in [3.05, 3.63) is 71.3 Å². The summed E-state index contributed by atoms with van der Waals surface area (Å²) in [5.74, 6) is 2.98. The van der Waals surface area contributed by atoms with Crippen LogP contribution in [-0.2, 0) is 35.0 Å². The maximum absolute atomic E-state index is 14.4. The minimum atomic E-state index is -1.76. The topological polar surface area (TPSA) is 132 Å². The van der Waals surface area contributed by atoms with E-state index >= 15 is 0 Å². The second kappa shape index (κ2) is 15.6. The standard InChI is InChI=1S/C29H38Cl2F2N4O6/c1-27(2,3)43-26(40)36-37(25(39)29(42-5,16-6-18-30)20-9-13-22(33)14-10-20)23(31)15-17-28(41-4,24(38)35-34)19-7-11-21(32)12-8-19/h7-14,23H,6,15-18,34H2,1-5H3,(H,35,38)(H,36,40). The molecule has 0 spiro atoms. The zero-order valence-corrected chi connectivity index (χ0v) is 26.2. The Morgan fingerprint density at radius 3 is 1.81 bits per heavy atom. The highest BCUT2D eigenvalue weighted by atomic mass is 35.5. The molecular formula is C29H38Cl2F2N4O6. The van der Waals surface area contributed by atoms with E-state index in [-0.39, 0.29) is 36.3 Å². The Kier molecular flexibility index (Phi) is 13.1. The summed E-state index contributed by atoms with van der Waals surface area (Å²) in [6, 6.07) is 10.1. The van der Waals surface area contributed by atoms with Gasteiger partial charge in [0, 0.05) is 20.1 Å². The fourth-order valence-electron chi connectivity index (χ4n) is 4.55. The van der Waals surface area contributed by atoms with E-state index in [4.69, 9.17) is 43.3 Å². The van der Waals surface area contributed by atoms with Crippen LogP contribution < -0.4 is 16.7 Å². The highest BCUT2D eigenvalue weighted by Gasteiger charge is 2.47. The Morgan fingerprint density at radius 1 is 0.907 bits per heavy atom. The lowest BCUT2D eigenvalue weighted by Crippen LogP contribution is -2.58. The fraction of sp³-hybridized carbons (Fsp3) is 0.483. The van der Waals surface area contributed by atoms with Crippen molar-refractivity contribution >= 4 is 41.1 Å². The SMILES string of the molecule is COC(CCC(Cl)N(NC(=O)OC(C)(C)C)C(=O)C(CCCCl)(OC)c1ccc(F)cc1)(C(=O)NN)c1ccc(F)cc1. The second-order valence-corrected chi connectivity index (χ2v) is 11.5. The van der Waals surface area contributed by atoms with E-state index in [1.807, 2.05) is 0 Å². The first-order valence-corrected chi connectivity index (χ1v) is 14.3. The van der Waals surface area contributed by atoms with Crippen molar-refractivity contribution in [2.75, 3.05) is 20.1 Å². The van der Waals surface area contributed by atoms with Gasteiger partial charge in [0.2, 0.25) is 0 Å². The van der Waals surface area contributed by atoms with Gasteiger partial charge in [-0.3, -0.25) is 15.0 Å². The molecule has 0 fully saturated rings. The first-order chi connectivity index (χ1) is 20.2. The third-order valence-electron chi connectivity index (χ3n) is 6.67. The molecule has 0 aliphatic rings. The minimum Gasteiger partial charge on any atom is -0.443 e. The summed E-state index contributed by atoms with van der Waals surface area (Å²) in [4.78, 5) is 40.3. The summed E-state index contributed by atoms with van der Waals surface area (Å²) in [5.41, 5.74) is -0.754. The van der Waals surface area contributed by atoms with Crippen LogP contribution in [0.5, 0.6) is 0 Å². The number of amides is 3. The number of methoxy groups -OCH3 is 2. The molecule has 2 rings (SSSR count). The van der Waals surface area contributed by atoms with Crippen LogP contribution in [0.25, 0.3) is 0 Å². The summed E-state index contributed by atoms with van der Waals surface area (Å²) in [6.45, 7) is 4.91. The Balaban J connectivity index is 2.57. The number of benzene rings is 2. The van der Waals surface area contributed by atoms with Gasteiger partial charge in [-0.1, -0.05) is 35.9 Å². The van der Waals surface area contributed by atoms with Crippen molar-refractivity contribution in [3.8, 4) is 0 Å². The molecule has 0 saturated heterocycles. The summed E-state index contributed by atoms with van der Waals surface area (Å²) in [6.07, 6.45) is -0.991. The Hall–Kier alpha value is -3.03. The largest absolute Gasteiger partial charge is 0.443 e. The smallest absolute Gasteiger partial charge is 0.426 e. The summed E-state index contributed by atoms with van der Waals surface area (Å²) < 4.78 is 44.3. The minimum absolute atomic E-state index is 0.0424. The number of hydrogen-bond donors (Lipinski definition) is 3. The monoisotopic (exact) mass is 646 g/mol. The van der Waals surface area contributed by atoms with Crippen molar-refractivity contribution in [3.63, 3.8) is 0 Å². The quantitative estimate of drug-likeness (QED) is 0.0920. The van der Waals surface area contributed by atoms with E-state index < -0.39 is 51.8 Å². The van der Waals surface area contributed by atoms with Gasteiger partial charge in [0.05, 0.1) is 0 Å². The van der Waals surface area contributed by atoms with E-state index in [1.165, 1.54) is 50.6 Å². The predicted octanol–water partition coefficient (Wildman–Crippen LogP) is 4.97. The molecule has 0 aromatic heterocycles. The lowest BCUT2D eigenvalue weighted by Gasteiger charge is -2.39. The van der Waals surface area contributed by atoms with Crippen molar-refractivity contribution in [1.82, 2.24) is 15.9 Å². The van der Waals surface area contributed by atoms with E-state index in [0.717, 1.165) is 17.1 Å². The second-order valence-electron chi connectivity index (χ2n) is 10.6. The van der Waals surface area contributed by atoms with E-state index in [2.05, 4.69) is 10.9 Å². The van der Waals surface area contributed by atoms with Gasteiger partial charge in [-0.15, -0.1) is 11.6 Å². The number of ether oxygens (including phenoxy) is 3. The number of carbonyl (C=O) groups excluding carboxylic acids is 3. The normalized spacial score (nSPS) is 15.0. The van der Waals surface area contributed by atoms with Gasteiger partial charge in [-0.05, 0) is 81.8 Å². The number of alkyl halides is 2. The first kappa shape index (κ1) is 36.2. The average Bonchev–Trinajstić information content (AvgIpc) is 2.97. The number of nitrogens with zero attached hydrogens (tertiary/aromatic N) is 1. The van der Waals surface area contributed by atoms with Gasteiger partial charge in [0.1, 0.15) is 22.7 Å². The number of hydrogen-bond acceptors (Lipinski definition) is 7. The number of nitrogens with one attached hydrogen (secondary N) is 2. The number of hydrazine groups is 2. The van der Waals surface area contributed by atoms with Crippen LogP contribution in [-0.4, -0.2) is 54.1 Å². The molecule has 2 aromatic rings. The molecule has 0 aliphatic heterocycles. The molecule has 0 heterocycles. The first-order valence-electron chi connectivity index (χ1n) is 13.4. The molecule has 3 unspecified atom stereocenters. The molecular weight excluding hydrogens is 609 g/mol. The van der Waals surface area contributed by atoms with Gasteiger partial charge in [-0.25, -0.2) is 29.9 Å². The van der Waals surface area contributed by atoms with Crippen LogP contribution >= 0.6 is 23.2 Å².